The second-order valence-electron chi connectivity index (χ2n) is 6.72. The van der Waals surface area contributed by atoms with E-state index in [-0.39, 0.29) is 24.3 Å². The number of hydrogen-bond donors (Lipinski definition) is 3. The van der Waals surface area contributed by atoms with Crippen molar-refractivity contribution in [2.75, 3.05) is 5.32 Å². The van der Waals surface area contributed by atoms with Gasteiger partial charge in [0.05, 0.1) is 6.54 Å². The number of halogens is 1. The van der Waals surface area contributed by atoms with Gasteiger partial charge in [-0.25, -0.2) is 9.38 Å². The van der Waals surface area contributed by atoms with Crippen LogP contribution in [0, 0.1) is 5.82 Å². The van der Waals surface area contributed by atoms with Gasteiger partial charge in [-0.3, -0.25) is 19.9 Å². The molecule has 0 saturated heterocycles. The number of guanidine groups is 1. The van der Waals surface area contributed by atoms with Crippen LogP contribution in [0.25, 0.3) is 0 Å². The summed E-state index contributed by atoms with van der Waals surface area (Å²) in [6, 6.07) is 16.4. The minimum Gasteiger partial charge on any atom is -0.352 e. The van der Waals surface area contributed by atoms with Gasteiger partial charge in [-0.2, -0.15) is 0 Å². The van der Waals surface area contributed by atoms with Crippen LogP contribution in [0.5, 0.6) is 0 Å². The van der Waals surface area contributed by atoms with Gasteiger partial charge in [-0.05, 0) is 47.5 Å². The highest BCUT2D eigenvalue weighted by Crippen LogP contribution is 2.10. The lowest BCUT2D eigenvalue weighted by molar-refractivity contribution is -0.119. The highest BCUT2D eigenvalue weighted by molar-refractivity contribution is 6.09. The molecule has 1 heterocycles. The number of anilines is 1. The van der Waals surface area contributed by atoms with Crippen LogP contribution in [0.15, 0.2) is 78.0 Å². The molecule has 0 bridgehead atoms. The number of amides is 2. The normalized spacial score (nSPS) is 11.0. The lowest BCUT2D eigenvalue weighted by Crippen LogP contribution is -2.36. The fourth-order valence-corrected chi connectivity index (χ4v) is 2.66. The molecule has 8 heteroatoms. The molecule has 0 aliphatic carbocycles. The molecule has 0 radical (unpaired) electrons. The topological polar surface area (TPSA) is 95.5 Å². The number of carbonyl (C=O) groups excluding carboxylic acids is 2. The summed E-state index contributed by atoms with van der Waals surface area (Å²) in [6.45, 7) is 2.11. The molecule has 0 atom stereocenters. The average Bonchev–Trinajstić information content (AvgIpc) is 2.77. The van der Waals surface area contributed by atoms with Crippen LogP contribution in [0.2, 0.25) is 0 Å². The number of carbonyl (C=O) groups is 2. The Kier molecular flexibility index (Phi) is 7.42. The summed E-state index contributed by atoms with van der Waals surface area (Å²) < 4.78 is 13.5. The lowest BCUT2D eigenvalue weighted by Gasteiger charge is -2.12. The second kappa shape index (κ2) is 10.6. The fraction of sp³-hybridized carbons (Fsp3) is 0.130. The maximum Gasteiger partial charge on any atom is 0.257 e. The van der Waals surface area contributed by atoms with Crippen LogP contribution < -0.4 is 16.0 Å². The summed E-state index contributed by atoms with van der Waals surface area (Å²) in [5.41, 5.74) is 2.60. The molecule has 31 heavy (non-hydrogen) atoms. The standard InChI is InChI=1S/C23H22FN5O2/c1-16(30)26-14-17-7-9-19(10-8-17)22(31)29-23(27-15-18-4-3-11-25-13-18)28-21-6-2-5-20(24)12-21/h2-13H,14-15H2,1H3,(H,26,30)(H2,27,28,29,31). The molecule has 1 aromatic heterocycles. The zero-order chi connectivity index (χ0) is 22.1. The Morgan fingerprint density at radius 3 is 2.52 bits per heavy atom. The molecule has 2 amide bonds. The zero-order valence-electron chi connectivity index (χ0n) is 16.9. The molecular weight excluding hydrogens is 397 g/mol. The molecule has 0 unspecified atom stereocenters. The van der Waals surface area contributed by atoms with Crippen molar-refractivity contribution >= 4 is 23.5 Å². The third-order valence-electron chi connectivity index (χ3n) is 4.22. The zero-order valence-corrected chi connectivity index (χ0v) is 16.9. The summed E-state index contributed by atoms with van der Waals surface area (Å²) in [6.07, 6.45) is 3.34. The molecule has 3 aromatic rings. The highest BCUT2D eigenvalue weighted by atomic mass is 19.1. The summed E-state index contributed by atoms with van der Waals surface area (Å²) >= 11 is 0. The van der Waals surface area contributed by atoms with Crippen molar-refractivity contribution in [3.63, 3.8) is 0 Å². The van der Waals surface area contributed by atoms with E-state index in [1.165, 1.54) is 19.1 Å². The van der Waals surface area contributed by atoms with E-state index in [0.717, 1.165) is 11.1 Å². The van der Waals surface area contributed by atoms with E-state index >= 15 is 0 Å². The van der Waals surface area contributed by atoms with E-state index in [0.29, 0.717) is 17.8 Å². The molecule has 3 N–H and O–H groups in total. The molecular formula is C23H22FN5O2. The first-order valence-corrected chi connectivity index (χ1v) is 9.60. The van der Waals surface area contributed by atoms with Crippen molar-refractivity contribution in [3.05, 3.63) is 95.6 Å². The van der Waals surface area contributed by atoms with Gasteiger partial charge in [0.25, 0.3) is 5.91 Å². The van der Waals surface area contributed by atoms with Crippen LogP contribution in [0.3, 0.4) is 0 Å². The van der Waals surface area contributed by atoms with E-state index in [2.05, 4.69) is 25.9 Å². The predicted molar refractivity (Wildman–Crippen MR) is 117 cm³/mol. The van der Waals surface area contributed by atoms with Gasteiger partial charge in [-0.1, -0.05) is 24.3 Å². The van der Waals surface area contributed by atoms with Crippen molar-refractivity contribution < 1.29 is 14.0 Å². The molecule has 0 aliphatic heterocycles. The van der Waals surface area contributed by atoms with E-state index in [9.17, 15) is 14.0 Å². The van der Waals surface area contributed by atoms with Crippen molar-refractivity contribution in [2.45, 2.75) is 20.0 Å². The third kappa shape index (κ3) is 7.04. The first-order chi connectivity index (χ1) is 15.0. The van der Waals surface area contributed by atoms with Crippen LogP contribution in [0.4, 0.5) is 10.1 Å². The SMILES string of the molecule is CC(=O)NCc1ccc(C(=O)NC(=NCc2cccnc2)Nc2cccc(F)c2)cc1. The summed E-state index contributed by atoms with van der Waals surface area (Å²) in [5.74, 6) is -0.723. The largest absolute Gasteiger partial charge is 0.352 e. The van der Waals surface area contributed by atoms with Crippen molar-refractivity contribution in [1.82, 2.24) is 15.6 Å². The van der Waals surface area contributed by atoms with Gasteiger partial charge in [0.15, 0.2) is 0 Å². The highest BCUT2D eigenvalue weighted by Gasteiger charge is 2.10. The Morgan fingerprint density at radius 2 is 1.84 bits per heavy atom. The molecule has 7 nitrogen and oxygen atoms in total. The maximum absolute atomic E-state index is 13.5. The van der Waals surface area contributed by atoms with Gasteiger partial charge in [-0.15, -0.1) is 0 Å². The Morgan fingerprint density at radius 1 is 1.03 bits per heavy atom. The minimum atomic E-state index is -0.405. The van der Waals surface area contributed by atoms with E-state index < -0.39 is 5.82 Å². The monoisotopic (exact) mass is 419 g/mol. The van der Waals surface area contributed by atoms with Crippen LogP contribution in [0.1, 0.15) is 28.4 Å². The van der Waals surface area contributed by atoms with Gasteiger partial charge in [0.2, 0.25) is 11.9 Å². The molecule has 158 valence electrons. The van der Waals surface area contributed by atoms with Crippen LogP contribution >= 0.6 is 0 Å². The quantitative estimate of drug-likeness (QED) is 0.422. The second-order valence-corrected chi connectivity index (χ2v) is 6.72. The van der Waals surface area contributed by atoms with Gasteiger partial charge < -0.3 is 10.6 Å². The molecule has 0 spiro atoms. The predicted octanol–water partition coefficient (Wildman–Crippen LogP) is 3.25. The van der Waals surface area contributed by atoms with Crippen molar-refractivity contribution in [3.8, 4) is 0 Å². The van der Waals surface area contributed by atoms with Gasteiger partial charge in [0.1, 0.15) is 5.82 Å². The Balaban J connectivity index is 1.73. The lowest BCUT2D eigenvalue weighted by atomic mass is 10.1. The van der Waals surface area contributed by atoms with E-state index in [1.807, 2.05) is 6.07 Å². The number of aliphatic imine (C=N–C) groups is 1. The number of aromatic nitrogens is 1. The Hall–Kier alpha value is -4.07. The van der Waals surface area contributed by atoms with Crippen molar-refractivity contribution in [1.29, 1.82) is 0 Å². The van der Waals surface area contributed by atoms with Crippen LogP contribution in [-0.2, 0) is 17.9 Å². The number of pyridine rings is 1. The number of nitrogens with one attached hydrogen (secondary N) is 3. The fourth-order valence-electron chi connectivity index (χ4n) is 2.66. The molecule has 0 fully saturated rings. The molecule has 3 rings (SSSR count). The first-order valence-electron chi connectivity index (χ1n) is 9.60. The third-order valence-corrected chi connectivity index (χ3v) is 4.22. The maximum atomic E-state index is 13.5. The van der Waals surface area contributed by atoms with E-state index in [1.54, 1.807) is 54.9 Å². The van der Waals surface area contributed by atoms with Crippen LogP contribution in [-0.4, -0.2) is 22.8 Å². The molecule has 0 saturated carbocycles. The molecule has 2 aromatic carbocycles. The first kappa shape index (κ1) is 21.6. The Bertz CT molecular complexity index is 1070. The number of benzene rings is 2. The molecule has 0 aliphatic rings. The number of nitrogens with zero attached hydrogens (tertiary/aromatic N) is 2. The summed E-state index contributed by atoms with van der Waals surface area (Å²) in [5, 5.41) is 8.38. The minimum absolute atomic E-state index is 0.125. The van der Waals surface area contributed by atoms with E-state index in [4.69, 9.17) is 0 Å². The number of rotatable bonds is 6. The van der Waals surface area contributed by atoms with Gasteiger partial charge >= 0.3 is 0 Å². The average molecular weight is 419 g/mol. The van der Waals surface area contributed by atoms with Crippen molar-refractivity contribution in [2.24, 2.45) is 4.99 Å². The number of hydrogen-bond acceptors (Lipinski definition) is 4. The Labute approximate surface area is 179 Å². The summed E-state index contributed by atoms with van der Waals surface area (Å²) in [4.78, 5) is 32.2. The summed E-state index contributed by atoms with van der Waals surface area (Å²) in [7, 11) is 0. The smallest absolute Gasteiger partial charge is 0.257 e. The van der Waals surface area contributed by atoms with Gasteiger partial charge in [0, 0.05) is 37.1 Å².